The van der Waals surface area contributed by atoms with E-state index in [0.29, 0.717) is 18.7 Å². The van der Waals surface area contributed by atoms with Gasteiger partial charge in [0.25, 0.3) is 0 Å². The summed E-state index contributed by atoms with van der Waals surface area (Å²) in [5, 5.41) is 2.67. The maximum Gasteiger partial charge on any atom is 0.224 e. The molecule has 1 unspecified atom stereocenters. The van der Waals surface area contributed by atoms with Crippen LogP contribution in [0.1, 0.15) is 24.3 Å². The summed E-state index contributed by atoms with van der Waals surface area (Å²) in [5.41, 5.74) is 7.06. The van der Waals surface area contributed by atoms with Gasteiger partial charge in [-0.15, -0.1) is 0 Å². The SMILES string of the molecule is NCCC1CC(=O)Nc2cc(F)ccc21. The van der Waals surface area contributed by atoms with Crippen molar-refractivity contribution < 1.29 is 9.18 Å². The number of nitrogens with two attached hydrogens (primary N) is 1. The van der Waals surface area contributed by atoms with Crippen molar-refractivity contribution in [2.75, 3.05) is 11.9 Å². The third kappa shape index (κ3) is 1.99. The monoisotopic (exact) mass is 208 g/mol. The normalized spacial score (nSPS) is 19.6. The van der Waals surface area contributed by atoms with Crippen LogP contribution in [0.15, 0.2) is 18.2 Å². The lowest BCUT2D eigenvalue weighted by atomic mass is 9.88. The summed E-state index contributed by atoms with van der Waals surface area (Å²) < 4.78 is 13.0. The quantitative estimate of drug-likeness (QED) is 0.775. The first-order valence-corrected chi connectivity index (χ1v) is 5.00. The van der Waals surface area contributed by atoms with E-state index < -0.39 is 0 Å². The largest absolute Gasteiger partial charge is 0.330 e. The van der Waals surface area contributed by atoms with Gasteiger partial charge in [0, 0.05) is 12.1 Å². The zero-order valence-electron chi connectivity index (χ0n) is 8.29. The van der Waals surface area contributed by atoms with Gasteiger partial charge in [0.2, 0.25) is 5.91 Å². The molecule has 4 heteroatoms. The van der Waals surface area contributed by atoms with E-state index in [1.54, 1.807) is 6.07 Å². The second-order valence-electron chi connectivity index (χ2n) is 3.76. The van der Waals surface area contributed by atoms with Crippen LogP contribution in [0.3, 0.4) is 0 Å². The molecule has 0 aromatic heterocycles. The number of hydrogen-bond donors (Lipinski definition) is 2. The van der Waals surface area contributed by atoms with Gasteiger partial charge >= 0.3 is 0 Å². The van der Waals surface area contributed by atoms with Crippen molar-refractivity contribution in [3.63, 3.8) is 0 Å². The summed E-state index contributed by atoms with van der Waals surface area (Å²) in [5.74, 6) is -0.270. The number of benzene rings is 1. The van der Waals surface area contributed by atoms with E-state index in [9.17, 15) is 9.18 Å². The molecule has 1 heterocycles. The van der Waals surface area contributed by atoms with E-state index >= 15 is 0 Å². The minimum absolute atomic E-state index is 0.0634. The van der Waals surface area contributed by atoms with E-state index in [2.05, 4.69) is 5.32 Å². The van der Waals surface area contributed by atoms with Crippen LogP contribution in [0.25, 0.3) is 0 Å². The average Bonchev–Trinajstić information content (AvgIpc) is 2.17. The van der Waals surface area contributed by atoms with Gasteiger partial charge in [-0.2, -0.15) is 0 Å². The standard InChI is InChI=1S/C11H13FN2O/c12-8-1-2-9-7(3-4-13)5-11(15)14-10(9)6-8/h1-2,6-7H,3-5,13H2,(H,14,15). The van der Waals surface area contributed by atoms with Crippen LogP contribution in [0.4, 0.5) is 10.1 Å². The Kier molecular flexibility index (Phi) is 2.68. The van der Waals surface area contributed by atoms with E-state index in [0.717, 1.165) is 12.0 Å². The molecule has 0 saturated heterocycles. The Morgan fingerprint density at radius 2 is 2.33 bits per heavy atom. The molecule has 3 nitrogen and oxygen atoms in total. The molecular weight excluding hydrogens is 195 g/mol. The number of nitrogens with one attached hydrogen (secondary N) is 1. The number of rotatable bonds is 2. The molecule has 3 N–H and O–H groups in total. The summed E-state index contributed by atoms with van der Waals surface area (Å²) in [7, 11) is 0. The van der Waals surface area contributed by atoms with E-state index in [-0.39, 0.29) is 17.6 Å². The van der Waals surface area contributed by atoms with Crippen molar-refractivity contribution >= 4 is 11.6 Å². The lowest BCUT2D eigenvalue weighted by Crippen LogP contribution is -2.24. The number of amides is 1. The Morgan fingerprint density at radius 3 is 3.07 bits per heavy atom. The number of fused-ring (bicyclic) bond motifs is 1. The lowest BCUT2D eigenvalue weighted by Gasteiger charge is -2.25. The number of carbonyl (C=O) groups is 1. The highest BCUT2D eigenvalue weighted by Crippen LogP contribution is 2.34. The third-order valence-electron chi connectivity index (χ3n) is 2.68. The van der Waals surface area contributed by atoms with Crippen molar-refractivity contribution in [1.29, 1.82) is 0 Å². The van der Waals surface area contributed by atoms with Gasteiger partial charge in [-0.1, -0.05) is 6.07 Å². The molecule has 0 spiro atoms. The first-order chi connectivity index (χ1) is 7.20. The lowest BCUT2D eigenvalue weighted by molar-refractivity contribution is -0.116. The number of halogens is 1. The molecule has 0 aliphatic carbocycles. The minimum atomic E-state index is -0.331. The smallest absolute Gasteiger partial charge is 0.224 e. The second-order valence-corrected chi connectivity index (χ2v) is 3.76. The maximum absolute atomic E-state index is 13.0. The van der Waals surface area contributed by atoms with Gasteiger partial charge in [0.05, 0.1) is 0 Å². The number of carbonyl (C=O) groups excluding carboxylic acids is 1. The molecule has 0 radical (unpaired) electrons. The molecule has 80 valence electrons. The van der Waals surface area contributed by atoms with Crippen LogP contribution in [-0.2, 0) is 4.79 Å². The molecule has 1 aromatic rings. The highest BCUT2D eigenvalue weighted by Gasteiger charge is 2.24. The zero-order valence-corrected chi connectivity index (χ0v) is 8.29. The molecule has 2 rings (SSSR count). The van der Waals surface area contributed by atoms with Crippen LogP contribution >= 0.6 is 0 Å². The Balaban J connectivity index is 2.37. The third-order valence-corrected chi connectivity index (χ3v) is 2.68. The topological polar surface area (TPSA) is 55.1 Å². The molecule has 1 aromatic carbocycles. The summed E-state index contributed by atoms with van der Waals surface area (Å²) in [6.45, 7) is 0.536. The van der Waals surface area contributed by atoms with Gasteiger partial charge in [-0.05, 0) is 36.6 Å². The minimum Gasteiger partial charge on any atom is -0.330 e. The van der Waals surface area contributed by atoms with Gasteiger partial charge in [0.15, 0.2) is 0 Å². The Hall–Kier alpha value is -1.42. The molecule has 1 atom stereocenters. The average molecular weight is 208 g/mol. The molecule has 15 heavy (non-hydrogen) atoms. The van der Waals surface area contributed by atoms with Crippen LogP contribution in [0.2, 0.25) is 0 Å². The van der Waals surface area contributed by atoms with E-state index in [1.807, 2.05) is 0 Å². The first kappa shape index (κ1) is 10.1. The summed E-state index contributed by atoms with van der Waals surface area (Å²) in [6, 6.07) is 4.50. The van der Waals surface area contributed by atoms with Crippen molar-refractivity contribution in [1.82, 2.24) is 0 Å². The van der Waals surface area contributed by atoms with Gasteiger partial charge in [0.1, 0.15) is 5.82 Å². The fourth-order valence-corrected chi connectivity index (χ4v) is 1.99. The summed E-state index contributed by atoms with van der Waals surface area (Å²) in [4.78, 5) is 11.3. The number of hydrogen-bond acceptors (Lipinski definition) is 2. The van der Waals surface area contributed by atoms with Crippen LogP contribution in [0.5, 0.6) is 0 Å². The maximum atomic E-state index is 13.0. The van der Waals surface area contributed by atoms with Crippen LogP contribution in [-0.4, -0.2) is 12.5 Å². The van der Waals surface area contributed by atoms with Crippen molar-refractivity contribution in [2.24, 2.45) is 5.73 Å². The van der Waals surface area contributed by atoms with Crippen molar-refractivity contribution in [3.05, 3.63) is 29.6 Å². The molecular formula is C11H13FN2O. The number of anilines is 1. The first-order valence-electron chi connectivity index (χ1n) is 5.00. The highest BCUT2D eigenvalue weighted by atomic mass is 19.1. The fourth-order valence-electron chi connectivity index (χ4n) is 1.99. The molecule has 0 fully saturated rings. The Bertz CT molecular complexity index is 392. The molecule has 0 bridgehead atoms. The van der Waals surface area contributed by atoms with Crippen LogP contribution in [0, 0.1) is 5.82 Å². The van der Waals surface area contributed by atoms with E-state index in [4.69, 9.17) is 5.73 Å². The second kappa shape index (κ2) is 3.98. The van der Waals surface area contributed by atoms with Gasteiger partial charge < -0.3 is 11.1 Å². The van der Waals surface area contributed by atoms with Gasteiger partial charge in [-0.3, -0.25) is 4.79 Å². The van der Waals surface area contributed by atoms with E-state index in [1.165, 1.54) is 12.1 Å². The highest BCUT2D eigenvalue weighted by molar-refractivity contribution is 5.94. The molecule has 1 aliphatic rings. The Morgan fingerprint density at radius 1 is 1.53 bits per heavy atom. The molecule has 1 amide bonds. The predicted octanol–water partition coefficient (Wildman–Crippen LogP) is 1.60. The van der Waals surface area contributed by atoms with Gasteiger partial charge in [-0.25, -0.2) is 4.39 Å². The van der Waals surface area contributed by atoms with Crippen molar-refractivity contribution in [3.8, 4) is 0 Å². The summed E-state index contributed by atoms with van der Waals surface area (Å²) in [6.07, 6.45) is 1.20. The molecule has 1 aliphatic heterocycles. The predicted molar refractivity (Wildman–Crippen MR) is 56.1 cm³/mol. The zero-order chi connectivity index (χ0) is 10.8. The van der Waals surface area contributed by atoms with Crippen molar-refractivity contribution in [2.45, 2.75) is 18.8 Å². The van der Waals surface area contributed by atoms with Crippen LogP contribution < -0.4 is 11.1 Å². The Labute approximate surface area is 87.5 Å². The molecule has 0 saturated carbocycles. The summed E-state index contributed by atoms with van der Waals surface area (Å²) >= 11 is 0. The fraction of sp³-hybridized carbons (Fsp3) is 0.364.